The second-order valence-electron chi connectivity index (χ2n) is 8.22. The Balaban J connectivity index is 1.62. The lowest BCUT2D eigenvalue weighted by atomic mass is 9.83. The monoisotopic (exact) mass is 516 g/mol. The van der Waals surface area contributed by atoms with Crippen molar-refractivity contribution in [3.8, 4) is 0 Å². The van der Waals surface area contributed by atoms with E-state index in [-0.39, 0.29) is 17.4 Å². The van der Waals surface area contributed by atoms with Crippen molar-refractivity contribution in [2.75, 3.05) is 0 Å². The molecule has 2 aliphatic rings. The SMILES string of the molecule is O=c1/c(=C/c2ccc(F)cc2)sc2n1[C@@H](c1ccc(Br)cc1)C1=C(N=2)c2ccccc2CC1. The van der Waals surface area contributed by atoms with Gasteiger partial charge in [0, 0.05) is 10.0 Å². The molecule has 3 aromatic carbocycles. The number of aryl methyl sites for hydroxylation is 1. The van der Waals surface area contributed by atoms with Crippen molar-refractivity contribution < 1.29 is 4.39 Å². The highest BCUT2D eigenvalue weighted by Crippen LogP contribution is 2.41. The van der Waals surface area contributed by atoms with Crippen LogP contribution >= 0.6 is 27.3 Å². The second kappa shape index (κ2) is 8.04. The zero-order chi connectivity index (χ0) is 22.5. The standard InChI is InChI=1S/C27H18BrFN2OS/c28-19-10-7-18(8-11-19)25-22-14-9-17-3-1-2-4-21(17)24(22)30-27-31(25)26(32)23(33-27)15-16-5-12-20(29)13-6-16/h1-8,10-13,15,25H,9,14H2/b23-15-/t25-/m0/s1. The molecule has 3 nitrogen and oxygen atoms in total. The number of halogens is 2. The van der Waals surface area contributed by atoms with E-state index < -0.39 is 0 Å². The van der Waals surface area contributed by atoms with E-state index in [0.717, 1.165) is 39.7 Å². The van der Waals surface area contributed by atoms with Gasteiger partial charge >= 0.3 is 0 Å². The Labute approximate surface area is 202 Å². The first kappa shape index (κ1) is 20.5. The summed E-state index contributed by atoms with van der Waals surface area (Å²) in [6.45, 7) is 0. The summed E-state index contributed by atoms with van der Waals surface area (Å²) in [4.78, 5) is 19.3. The highest BCUT2D eigenvalue weighted by Gasteiger charge is 2.32. The second-order valence-corrected chi connectivity index (χ2v) is 10.1. The largest absolute Gasteiger partial charge is 0.272 e. The molecule has 162 valence electrons. The molecule has 1 aliphatic carbocycles. The highest BCUT2D eigenvalue weighted by atomic mass is 79.9. The third-order valence-corrected chi connectivity index (χ3v) is 7.74. The van der Waals surface area contributed by atoms with Crippen LogP contribution in [0, 0.1) is 5.82 Å². The molecule has 33 heavy (non-hydrogen) atoms. The fraction of sp³-hybridized carbons (Fsp3) is 0.111. The van der Waals surface area contributed by atoms with E-state index in [9.17, 15) is 9.18 Å². The molecular formula is C27H18BrFN2OS. The normalized spacial score (nSPS) is 17.3. The third-order valence-electron chi connectivity index (χ3n) is 6.23. The molecule has 1 aromatic heterocycles. The van der Waals surface area contributed by atoms with Gasteiger partial charge in [-0.15, -0.1) is 0 Å². The van der Waals surface area contributed by atoms with E-state index in [1.165, 1.54) is 34.6 Å². The molecule has 0 fully saturated rings. The molecule has 1 aliphatic heterocycles. The fourth-order valence-corrected chi connectivity index (χ4v) is 5.94. The molecule has 0 radical (unpaired) electrons. The molecule has 1 atom stereocenters. The van der Waals surface area contributed by atoms with Crippen LogP contribution < -0.4 is 14.9 Å². The van der Waals surface area contributed by atoms with E-state index in [1.54, 1.807) is 12.1 Å². The van der Waals surface area contributed by atoms with E-state index in [4.69, 9.17) is 4.99 Å². The Morgan fingerprint density at radius 1 is 1.00 bits per heavy atom. The van der Waals surface area contributed by atoms with Gasteiger partial charge in [0.05, 0.1) is 16.3 Å². The van der Waals surface area contributed by atoms with Gasteiger partial charge in [-0.3, -0.25) is 9.36 Å². The van der Waals surface area contributed by atoms with Crippen molar-refractivity contribution in [1.29, 1.82) is 0 Å². The molecule has 2 heterocycles. The van der Waals surface area contributed by atoms with Crippen LogP contribution in [0.15, 0.2) is 92.6 Å². The molecule has 0 amide bonds. The number of hydrogen-bond acceptors (Lipinski definition) is 3. The Kier molecular flexibility index (Phi) is 5.00. The zero-order valence-corrected chi connectivity index (χ0v) is 19.9. The molecule has 4 aromatic rings. The van der Waals surface area contributed by atoms with Gasteiger partial charge in [-0.2, -0.15) is 0 Å². The smallest absolute Gasteiger partial charge is 0.271 e. The van der Waals surface area contributed by atoms with Gasteiger partial charge in [0.25, 0.3) is 5.56 Å². The maximum atomic E-state index is 13.6. The van der Waals surface area contributed by atoms with Crippen LogP contribution in [0.2, 0.25) is 0 Å². The first-order chi connectivity index (χ1) is 16.1. The van der Waals surface area contributed by atoms with Crippen molar-refractivity contribution >= 4 is 39.0 Å². The number of benzene rings is 3. The number of allylic oxidation sites excluding steroid dienone is 1. The van der Waals surface area contributed by atoms with Crippen molar-refractivity contribution in [1.82, 2.24) is 4.57 Å². The van der Waals surface area contributed by atoms with Gasteiger partial charge in [-0.1, -0.05) is 75.8 Å². The summed E-state index contributed by atoms with van der Waals surface area (Å²) >= 11 is 4.91. The average Bonchev–Trinajstić information content (AvgIpc) is 3.14. The van der Waals surface area contributed by atoms with E-state index in [0.29, 0.717) is 9.33 Å². The Morgan fingerprint density at radius 3 is 2.55 bits per heavy atom. The maximum Gasteiger partial charge on any atom is 0.271 e. The van der Waals surface area contributed by atoms with Gasteiger partial charge in [0.2, 0.25) is 0 Å². The van der Waals surface area contributed by atoms with E-state index in [1.807, 2.05) is 28.8 Å². The van der Waals surface area contributed by atoms with Crippen LogP contribution in [0.25, 0.3) is 11.8 Å². The van der Waals surface area contributed by atoms with Gasteiger partial charge in [-0.05, 0) is 65.4 Å². The van der Waals surface area contributed by atoms with E-state index in [2.05, 4.69) is 46.3 Å². The maximum absolute atomic E-state index is 13.6. The minimum Gasteiger partial charge on any atom is -0.272 e. The van der Waals surface area contributed by atoms with Gasteiger partial charge in [0.1, 0.15) is 5.82 Å². The topological polar surface area (TPSA) is 34.4 Å². The number of rotatable bonds is 2. The summed E-state index contributed by atoms with van der Waals surface area (Å²) in [6, 6.07) is 22.5. The number of fused-ring (bicyclic) bond motifs is 3. The molecular weight excluding hydrogens is 499 g/mol. The summed E-state index contributed by atoms with van der Waals surface area (Å²) in [5, 5.41) is 0. The minimum atomic E-state index is -0.296. The predicted molar refractivity (Wildman–Crippen MR) is 133 cm³/mol. The summed E-state index contributed by atoms with van der Waals surface area (Å²) < 4.78 is 16.8. The zero-order valence-electron chi connectivity index (χ0n) is 17.5. The van der Waals surface area contributed by atoms with Crippen LogP contribution in [0.5, 0.6) is 0 Å². The molecule has 6 rings (SSSR count). The summed E-state index contributed by atoms with van der Waals surface area (Å²) in [6.07, 6.45) is 3.61. The first-order valence-electron chi connectivity index (χ1n) is 10.7. The van der Waals surface area contributed by atoms with Crippen molar-refractivity contribution in [3.05, 3.63) is 131 Å². The number of aromatic nitrogens is 1. The lowest BCUT2D eigenvalue weighted by molar-refractivity contribution is 0.585. The van der Waals surface area contributed by atoms with E-state index >= 15 is 0 Å². The Bertz CT molecular complexity index is 1600. The number of thiazole rings is 1. The van der Waals surface area contributed by atoms with Crippen molar-refractivity contribution in [2.24, 2.45) is 4.99 Å². The molecule has 0 bridgehead atoms. The quantitative estimate of drug-likeness (QED) is 0.359. The predicted octanol–water partition coefficient (Wildman–Crippen LogP) is 5.22. The van der Waals surface area contributed by atoms with Crippen LogP contribution in [0.3, 0.4) is 0 Å². The summed E-state index contributed by atoms with van der Waals surface area (Å²) in [7, 11) is 0. The van der Waals surface area contributed by atoms with Gasteiger partial charge in [0.15, 0.2) is 4.80 Å². The lowest BCUT2D eigenvalue weighted by Gasteiger charge is -2.30. The first-order valence-corrected chi connectivity index (χ1v) is 12.3. The van der Waals surface area contributed by atoms with Gasteiger partial charge in [-0.25, -0.2) is 9.38 Å². The van der Waals surface area contributed by atoms with Gasteiger partial charge < -0.3 is 0 Å². The number of hydrogen-bond donors (Lipinski definition) is 0. The highest BCUT2D eigenvalue weighted by molar-refractivity contribution is 9.10. The molecule has 0 saturated carbocycles. The molecule has 6 heteroatoms. The van der Waals surface area contributed by atoms with Crippen LogP contribution in [-0.4, -0.2) is 4.57 Å². The van der Waals surface area contributed by atoms with Crippen LogP contribution in [-0.2, 0) is 6.42 Å². The van der Waals surface area contributed by atoms with Crippen LogP contribution in [0.1, 0.15) is 34.7 Å². The lowest BCUT2D eigenvalue weighted by Crippen LogP contribution is -2.38. The van der Waals surface area contributed by atoms with Crippen molar-refractivity contribution in [2.45, 2.75) is 18.9 Å². The molecule has 0 unspecified atom stereocenters. The van der Waals surface area contributed by atoms with Crippen molar-refractivity contribution in [3.63, 3.8) is 0 Å². The average molecular weight is 517 g/mol. The molecule has 0 saturated heterocycles. The van der Waals surface area contributed by atoms with Crippen LogP contribution in [0.4, 0.5) is 4.39 Å². The number of nitrogens with zero attached hydrogens (tertiary/aromatic N) is 2. The fourth-order valence-electron chi connectivity index (χ4n) is 4.68. The third kappa shape index (κ3) is 3.54. The summed E-state index contributed by atoms with van der Waals surface area (Å²) in [5.41, 5.74) is 6.39. The molecule has 0 spiro atoms. The Morgan fingerprint density at radius 2 is 1.76 bits per heavy atom. The Hall–Kier alpha value is -3.09. The summed E-state index contributed by atoms with van der Waals surface area (Å²) in [5.74, 6) is -0.296. The minimum absolute atomic E-state index is 0.0681. The molecule has 0 N–H and O–H groups in total.